The van der Waals surface area contributed by atoms with Gasteiger partial charge in [-0.3, -0.25) is 4.98 Å². The number of halogens is 2. The predicted octanol–water partition coefficient (Wildman–Crippen LogP) is 3.42. The van der Waals surface area contributed by atoms with Gasteiger partial charge < -0.3 is 5.32 Å². The van der Waals surface area contributed by atoms with Crippen molar-refractivity contribution in [3.8, 4) is 0 Å². The number of pyridine rings is 1. The first-order valence-electron chi connectivity index (χ1n) is 6.17. The minimum atomic E-state index is -0.828. The van der Waals surface area contributed by atoms with Crippen LogP contribution in [0.3, 0.4) is 0 Å². The molecule has 1 heterocycles. The Balaban J connectivity index is 2.37. The molecule has 0 fully saturated rings. The Hall–Kier alpha value is -1.81. The van der Waals surface area contributed by atoms with Crippen molar-refractivity contribution >= 4 is 0 Å². The van der Waals surface area contributed by atoms with E-state index in [9.17, 15) is 8.78 Å². The number of nitrogens with one attached hydrogen (secondary N) is 1. The molecule has 100 valence electrons. The first kappa shape index (κ1) is 13.6. The Kier molecular flexibility index (Phi) is 4.22. The van der Waals surface area contributed by atoms with E-state index in [-0.39, 0.29) is 12.0 Å². The van der Waals surface area contributed by atoms with Crippen molar-refractivity contribution in [1.82, 2.24) is 10.3 Å². The maximum atomic E-state index is 13.9. The van der Waals surface area contributed by atoms with Crippen LogP contribution in [0.15, 0.2) is 42.6 Å². The highest BCUT2D eigenvalue weighted by Gasteiger charge is 2.24. The molecular formula is C15H16F2N2. The van der Waals surface area contributed by atoms with Gasteiger partial charge in [0.25, 0.3) is 0 Å². The number of nitrogens with zero attached hydrogens (tertiary/aromatic N) is 1. The molecule has 2 atom stereocenters. The Morgan fingerprint density at radius 3 is 2.53 bits per heavy atom. The molecular weight excluding hydrogens is 246 g/mol. The van der Waals surface area contributed by atoms with E-state index in [4.69, 9.17) is 0 Å². The summed E-state index contributed by atoms with van der Waals surface area (Å²) in [6, 6.07) is 9.50. The highest BCUT2D eigenvalue weighted by atomic mass is 19.2. The maximum Gasteiger partial charge on any atom is 0.163 e. The van der Waals surface area contributed by atoms with Crippen molar-refractivity contribution in [3.05, 3.63) is 65.5 Å². The number of aromatic nitrogens is 1. The second-order valence-electron chi connectivity index (χ2n) is 4.45. The summed E-state index contributed by atoms with van der Waals surface area (Å²) < 4.78 is 27.2. The standard InChI is InChI=1S/C15H16F2N2/c1-10(13-8-3-4-9-19-13)15(18-2)11-6-5-7-12(16)14(11)17/h3-10,15,18H,1-2H3. The van der Waals surface area contributed by atoms with Crippen molar-refractivity contribution in [2.75, 3.05) is 7.05 Å². The fraction of sp³-hybridized carbons (Fsp3) is 0.267. The third kappa shape index (κ3) is 2.79. The lowest BCUT2D eigenvalue weighted by Crippen LogP contribution is -2.24. The molecule has 0 saturated heterocycles. The summed E-state index contributed by atoms with van der Waals surface area (Å²) in [5.74, 6) is -1.70. The third-order valence-corrected chi connectivity index (χ3v) is 3.28. The van der Waals surface area contributed by atoms with Crippen molar-refractivity contribution in [1.29, 1.82) is 0 Å². The zero-order valence-electron chi connectivity index (χ0n) is 10.9. The molecule has 2 nitrogen and oxygen atoms in total. The minimum Gasteiger partial charge on any atom is -0.312 e. The maximum absolute atomic E-state index is 13.9. The van der Waals surface area contributed by atoms with Gasteiger partial charge in [-0.15, -0.1) is 0 Å². The molecule has 0 aliphatic rings. The zero-order valence-corrected chi connectivity index (χ0v) is 10.9. The molecule has 4 heteroatoms. The molecule has 1 N–H and O–H groups in total. The predicted molar refractivity (Wildman–Crippen MR) is 70.8 cm³/mol. The van der Waals surface area contributed by atoms with E-state index in [0.29, 0.717) is 5.56 Å². The van der Waals surface area contributed by atoms with Crippen molar-refractivity contribution in [3.63, 3.8) is 0 Å². The van der Waals surface area contributed by atoms with E-state index in [1.54, 1.807) is 19.3 Å². The van der Waals surface area contributed by atoms with E-state index in [1.807, 2.05) is 25.1 Å². The Labute approximate surface area is 111 Å². The van der Waals surface area contributed by atoms with Crippen LogP contribution in [0.2, 0.25) is 0 Å². The average Bonchev–Trinajstić information content (AvgIpc) is 2.45. The van der Waals surface area contributed by atoms with Crippen LogP contribution in [0, 0.1) is 11.6 Å². The van der Waals surface area contributed by atoms with E-state index in [1.165, 1.54) is 6.07 Å². The Morgan fingerprint density at radius 1 is 1.11 bits per heavy atom. The molecule has 1 aromatic heterocycles. The SMILES string of the molecule is CNC(c1cccc(F)c1F)C(C)c1ccccn1. The highest BCUT2D eigenvalue weighted by molar-refractivity contribution is 5.26. The fourth-order valence-corrected chi connectivity index (χ4v) is 2.25. The van der Waals surface area contributed by atoms with Gasteiger partial charge >= 0.3 is 0 Å². The molecule has 0 bridgehead atoms. The lowest BCUT2D eigenvalue weighted by molar-refractivity contribution is 0.444. The van der Waals surface area contributed by atoms with Gasteiger partial charge in [-0.1, -0.05) is 25.1 Å². The summed E-state index contributed by atoms with van der Waals surface area (Å²) in [5, 5.41) is 3.04. The first-order chi connectivity index (χ1) is 9.15. The van der Waals surface area contributed by atoms with Crippen molar-refractivity contribution in [2.45, 2.75) is 18.9 Å². The average molecular weight is 262 g/mol. The normalized spacial score (nSPS) is 14.1. The van der Waals surface area contributed by atoms with E-state index < -0.39 is 11.6 Å². The van der Waals surface area contributed by atoms with Gasteiger partial charge in [0.2, 0.25) is 0 Å². The van der Waals surface area contributed by atoms with E-state index >= 15 is 0 Å². The topological polar surface area (TPSA) is 24.9 Å². The molecule has 2 rings (SSSR count). The van der Waals surface area contributed by atoms with Crippen LogP contribution < -0.4 is 5.32 Å². The van der Waals surface area contributed by atoms with Gasteiger partial charge in [0.1, 0.15) is 0 Å². The lowest BCUT2D eigenvalue weighted by atomic mass is 9.91. The molecule has 2 aromatic rings. The summed E-state index contributed by atoms with van der Waals surface area (Å²) in [7, 11) is 1.73. The van der Waals surface area contributed by atoms with Gasteiger partial charge in [0.05, 0.1) is 0 Å². The monoisotopic (exact) mass is 262 g/mol. The second-order valence-corrected chi connectivity index (χ2v) is 4.45. The summed E-state index contributed by atoms with van der Waals surface area (Å²) in [6.07, 6.45) is 1.69. The number of likely N-dealkylation sites (N-methyl/N-ethyl adjacent to an activating group) is 1. The number of rotatable bonds is 4. The fourth-order valence-electron chi connectivity index (χ4n) is 2.25. The summed E-state index contributed by atoms with van der Waals surface area (Å²) in [4.78, 5) is 4.27. The molecule has 0 aliphatic heterocycles. The summed E-state index contributed by atoms with van der Waals surface area (Å²) in [6.45, 7) is 1.94. The van der Waals surface area contributed by atoms with Gasteiger partial charge in [0, 0.05) is 29.4 Å². The van der Waals surface area contributed by atoms with Crippen molar-refractivity contribution in [2.24, 2.45) is 0 Å². The minimum absolute atomic E-state index is 0.0671. The van der Waals surface area contributed by atoms with E-state index in [0.717, 1.165) is 11.8 Å². The smallest absolute Gasteiger partial charge is 0.163 e. The molecule has 2 unspecified atom stereocenters. The first-order valence-corrected chi connectivity index (χ1v) is 6.17. The van der Waals surface area contributed by atoms with Crippen LogP contribution in [0.4, 0.5) is 8.78 Å². The number of hydrogen-bond donors (Lipinski definition) is 1. The van der Waals surface area contributed by atoms with E-state index in [2.05, 4.69) is 10.3 Å². The summed E-state index contributed by atoms with van der Waals surface area (Å²) >= 11 is 0. The zero-order chi connectivity index (χ0) is 13.8. The van der Waals surface area contributed by atoms with Crippen LogP contribution in [-0.2, 0) is 0 Å². The highest BCUT2D eigenvalue weighted by Crippen LogP contribution is 2.31. The molecule has 0 aliphatic carbocycles. The Morgan fingerprint density at radius 2 is 1.89 bits per heavy atom. The molecule has 1 aromatic carbocycles. The van der Waals surface area contributed by atoms with Crippen LogP contribution >= 0.6 is 0 Å². The van der Waals surface area contributed by atoms with Gasteiger partial charge in [-0.2, -0.15) is 0 Å². The molecule has 0 radical (unpaired) electrons. The summed E-state index contributed by atoms with van der Waals surface area (Å²) in [5.41, 5.74) is 1.16. The molecule has 0 saturated carbocycles. The lowest BCUT2D eigenvalue weighted by Gasteiger charge is -2.24. The van der Waals surface area contributed by atoms with Crippen LogP contribution in [0.1, 0.15) is 30.1 Å². The van der Waals surface area contributed by atoms with Crippen LogP contribution in [0.5, 0.6) is 0 Å². The van der Waals surface area contributed by atoms with Gasteiger partial charge in [-0.25, -0.2) is 8.78 Å². The number of benzene rings is 1. The van der Waals surface area contributed by atoms with Crippen LogP contribution in [0.25, 0.3) is 0 Å². The van der Waals surface area contributed by atoms with Crippen LogP contribution in [-0.4, -0.2) is 12.0 Å². The van der Waals surface area contributed by atoms with Crippen molar-refractivity contribution < 1.29 is 8.78 Å². The Bertz CT molecular complexity index is 543. The largest absolute Gasteiger partial charge is 0.312 e. The molecule has 19 heavy (non-hydrogen) atoms. The van der Waals surface area contributed by atoms with Gasteiger partial charge in [0.15, 0.2) is 11.6 Å². The quantitative estimate of drug-likeness (QED) is 0.913. The molecule has 0 spiro atoms. The molecule has 0 amide bonds. The third-order valence-electron chi connectivity index (χ3n) is 3.28. The second kappa shape index (κ2) is 5.89. The number of hydrogen-bond acceptors (Lipinski definition) is 2. The van der Waals surface area contributed by atoms with Gasteiger partial charge in [-0.05, 0) is 25.2 Å².